The van der Waals surface area contributed by atoms with Crippen molar-refractivity contribution in [1.29, 1.82) is 0 Å². The second-order valence-electron chi connectivity index (χ2n) is 4.06. The maximum Gasteiger partial charge on any atom is 0.317 e. The van der Waals surface area contributed by atoms with Crippen molar-refractivity contribution in [1.82, 2.24) is 10.2 Å². The third kappa shape index (κ3) is 4.29. The van der Waals surface area contributed by atoms with Crippen LogP contribution in [0.2, 0.25) is 0 Å². The number of hydrogen-bond donors (Lipinski definition) is 2. The summed E-state index contributed by atoms with van der Waals surface area (Å²) >= 11 is 0. The molecule has 0 radical (unpaired) electrons. The van der Waals surface area contributed by atoms with E-state index in [9.17, 15) is 9.59 Å². The second-order valence-corrected chi connectivity index (χ2v) is 4.06. The van der Waals surface area contributed by atoms with Crippen LogP contribution in [0.15, 0.2) is 0 Å². The molecule has 1 aliphatic rings. The molecular weight excluding hydrogens is 196 g/mol. The SMILES string of the molecule is CC1CCN(C(=O)CNCC(=O)O)CC1. The Hall–Kier alpha value is -1.10. The smallest absolute Gasteiger partial charge is 0.317 e. The zero-order valence-corrected chi connectivity index (χ0v) is 9.03. The van der Waals surface area contributed by atoms with Gasteiger partial charge in [-0.1, -0.05) is 6.92 Å². The average Bonchev–Trinajstić information content (AvgIpc) is 2.18. The molecule has 86 valence electrons. The Morgan fingerprint density at radius 2 is 1.93 bits per heavy atom. The van der Waals surface area contributed by atoms with Gasteiger partial charge in [-0.2, -0.15) is 0 Å². The van der Waals surface area contributed by atoms with E-state index < -0.39 is 5.97 Å². The lowest BCUT2D eigenvalue weighted by Gasteiger charge is -2.30. The number of nitrogens with zero attached hydrogens (tertiary/aromatic N) is 1. The topological polar surface area (TPSA) is 69.6 Å². The predicted octanol–water partition coefficient (Wildman–Crippen LogP) is -0.0809. The van der Waals surface area contributed by atoms with E-state index in [2.05, 4.69) is 12.2 Å². The van der Waals surface area contributed by atoms with Crippen LogP contribution in [-0.4, -0.2) is 48.1 Å². The third-order valence-corrected chi connectivity index (χ3v) is 2.69. The number of rotatable bonds is 4. The molecule has 0 unspecified atom stereocenters. The molecule has 5 nitrogen and oxygen atoms in total. The minimum absolute atomic E-state index is 0.00292. The van der Waals surface area contributed by atoms with Gasteiger partial charge >= 0.3 is 5.97 Å². The van der Waals surface area contributed by atoms with Crippen LogP contribution in [0.3, 0.4) is 0 Å². The van der Waals surface area contributed by atoms with Gasteiger partial charge in [-0.15, -0.1) is 0 Å². The molecule has 1 aliphatic heterocycles. The number of amides is 1. The number of carbonyl (C=O) groups is 2. The molecule has 0 bridgehead atoms. The van der Waals surface area contributed by atoms with Crippen LogP contribution in [0.1, 0.15) is 19.8 Å². The van der Waals surface area contributed by atoms with E-state index in [-0.39, 0.29) is 19.0 Å². The Kier molecular flexibility index (Phi) is 4.55. The van der Waals surface area contributed by atoms with Crippen molar-refractivity contribution >= 4 is 11.9 Å². The minimum atomic E-state index is -0.935. The molecule has 15 heavy (non-hydrogen) atoms. The number of carbonyl (C=O) groups excluding carboxylic acids is 1. The van der Waals surface area contributed by atoms with E-state index in [0.717, 1.165) is 25.9 Å². The minimum Gasteiger partial charge on any atom is -0.480 e. The Morgan fingerprint density at radius 1 is 1.33 bits per heavy atom. The summed E-state index contributed by atoms with van der Waals surface area (Å²) in [7, 11) is 0. The lowest BCUT2D eigenvalue weighted by molar-refractivity contribution is -0.136. The Balaban J connectivity index is 2.19. The highest BCUT2D eigenvalue weighted by atomic mass is 16.4. The van der Waals surface area contributed by atoms with Crippen LogP contribution in [0.4, 0.5) is 0 Å². The molecular formula is C10H18N2O3. The first kappa shape index (κ1) is 12.0. The van der Waals surface area contributed by atoms with Gasteiger partial charge < -0.3 is 10.0 Å². The molecule has 5 heteroatoms. The zero-order chi connectivity index (χ0) is 11.3. The van der Waals surface area contributed by atoms with Gasteiger partial charge in [0.1, 0.15) is 0 Å². The van der Waals surface area contributed by atoms with E-state index >= 15 is 0 Å². The van der Waals surface area contributed by atoms with E-state index in [1.807, 2.05) is 0 Å². The van der Waals surface area contributed by atoms with Crippen LogP contribution < -0.4 is 5.32 Å². The summed E-state index contributed by atoms with van der Waals surface area (Å²) in [5.74, 6) is -0.237. The van der Waals surface area contributed by atoms with Crippen LogP contribution in [-0.2, 0) is 9.59 Å². The zero-order valence-electron chi connectivity index (χ0n) is 9.03. The van der Waals surface area contributed by atoms with Crippen molar-refractivity contribution < 1.29 is 14.7 Å². The fourth-order valence-corrected chi connectivity index (χ4v) is 1.65. The largest absolute Gasteiger partial charge is 0.480 e. The highest BCUT2D eigenvalue weighted by molar-refractivity contribution is 5.79. The Bertz CT molecular complexity index is 235. The summed E-state index contributed by atoms with van der Waals surface area (Å²) < 4.78 is 0. The van der Waals surface area contributed by atoms with E-state index in [4.69, 9.17) is 5.11 Å². The molecule has 1 heterocycles. The normalized spacial score (nSPS) is 17.8. The van der Waals surface area contributed by atoms with Gasteiger partial charge in [0.15, 0.2) is 0 Å². The van der Waals surface area contributed by atoms with E-state index in [1.54, 1.807) is 4.90 Å². The highest BCUT2D eigenvalue weighted by Gasteiger charge is 2.19. The van der Waals surface area contributed by atoms with E-state index in [0.29, 0.717) is 5.92 Å². The Morgan fingerprint density at radius 3 is 2.47 bits per heavy atom. The molecule has 1 fully saturated rings. The third-order valence-electron chi connectivity index (χ3n) is 2.69. The number of nitrogens with one attached hydrogen (secondary N) is 1. The molecule has 1 amide bonds. The van der Waals surface area contributed by atoms with Crippen molar-refractivity contribution in [2.75, 3.05) is 26.2 Å². The first-order valence-corrected chi connectivity index (χ1v) is 5.30. The van der Waals surface area contributed by atoms with Gasteiger partial charge in [0, 0.05) is 13.1 Å². The number of carboxylic acid groups (broad SMARTS) is 1. The molecule has 0 aromatic carbocycles. The van der Waals surface area contributed by atoms with Crippen molar-refractivity contribution in [2.24, 2.45) is 5.92 Å². The Labute approximate surface area is 89.4 Å². The molecule has 0 atom stereocenters. The summed E-state index contributed by atoms with van der Waals surface area (Å²) in [6.07, 6.45) is 2.09. The van der Waals surface area contributed by atoms with Gasteiger partial charge in [-0.05, 0) is 18.8 Å². The summed E-state index contributed by atoms with van der Waals surface area (Å²) in [5, 5.41) is 11.0. The summed E-state index contributed by atoms with van der Waals surface area (Å²) in [6, 6.07) is 0. The maximum absolute atomic E-state index is 11.6. The standard InChI is InChI=1S/C10H18N2O3/c1-8-2-4-12(5-3-8)9(13)6-11-7-10(14)15/h8,11H,2-7H2,1H3,(H,14,15). The number of carboxylic acids is 1. The lowest BCUT2D eigenvalue weighted by atomic mass is 9.99. The number of hydrogen-bond acceptors (Lipinski definition) is 3. The second kappa shape index (κ2) is 5.70. The quantitative estimate of drug-likeness (QED) is 0.686. The average molecular weight is 214 g/mol. The fourth-order valence-electron chi connectivity index (χ4n) is 1.65. The monoisotopic (exact) mass is 214 g/mol. The summed E-state index contributed by atoms with van der Waals surface area (Å²) in [5.41, 5.74) is 0. The van der Waals surface area contributed by atoms with Gasteiger partial charge in [0.05, 0.1) is 13.1 Å². The molecule has 0 aromatic heterocycles. The van der Waals surface area contributed by atoms with Gasteiger partial charge in [-0.3, -0.25) is 14.9 Å². The number of piperidine rings is 1. The molecule has 0 aliphatic carbocycles. The number of aliphatic carboxylic acids is 1. The molecule has 0 spiro atoms. The molecule has 2 N–H and O–H groups in total. The molecule has 0 aromatic rings. The van der Waals surface area contributed by atoms with Crippen molar-refractivity contribution in [2.45, 2.75) is 19.8 Å². The fraction of sp³-hybridized carbons (Fsp3) is 0.800. The molecule has 1 saturated heterocycles. The summed E-state index contributed by atoms with van der Waals surface area (Å²) in [4.78, 5) is 23.6. The van der Waals surface area contributed by atoms with Gasteiger partial charge in [-0.25, -0.2) is 0 Å². The first-order chi connectivity index (χ1) is 7.09. The number of likely N-dealkylation sites (tertiary alicyclic amines) is 1. The van der Waals surface area contributed by atoms with Crippen molar-refractivity contribution in [3.8, 4) is 0 Å². The highest BCUT2D eigenvalue weighted by Crippen LogP contribution is 2.15. The first-order valence-electron chi connectivity index (χ1n) is 5.30. The van der Waals surface area contributed by atoms with E-state index in [1.165, 1.54) is 0 Å². The maximum atomic E-state index is 11.6. The van der Waals surface area contributed by atoms with Crippen LogP contribution in [0.5, 0.6) is 0 Å². The summed E-state index contributed by atoms with van der Waals surface area (Å²) in [6.45, 7) is 3.75. The lowest BCUT2D eigenvalue weighted by Crippen LogP contribution is -2.43. The van der Waals surface area contributed by atoms with Gasteiger partial charge in [0.25, 0.3) is 0 Å². The van der Waals surface area contributed by atoms with Crippen LogP contribution >= 0.6 is 0 Å². The van der Waals surface area contributed by atoms with Crippen molar-refractivity contribution in [3.63, 3.8) is 0 Å². The van der Waals surface area contributed by atoms with Crippen molar-refractivity contribution in [3.05, 3.63) is 0 Å². The van der Waals surface area contributed by atoms with Crippen LogP contribution in [0.25, 0.3) is 0 Å². The van der Waals surface area contributed by atoms with Gasteiger partial charge in [0.2, 0.25) is 5.91 Å². The predicted molar refractivity (Wildman–Crippen MR) is 55.5 cm³/mol. The molecule has 0 saturated carbocycles. The molecule has 1 rings (SSSR count). The van der Waals surface area contributed by atoms with Crippen LogP contribution in [0, 0.1) is 5.92 Å².